The Morgan fingerprint density at radius 2 is 1.91 bits per heavy atom. The maximum Gasteiger partial charge on any atom is 0.258 e. The predicted molar refractivity (Wildman–Crippen MR) is 89.1 cm³/mol. The number of aromatic amines is 1. The zero-order valence-electron chi connectivity index (χ0n) is 12.1. The number of rotatable bonds is 4. The Hall–Kier alpha value is -2.17. The quantitative estimate of drug-likeness (QED) is 0.776. The number of aromatic nitrogens is 2. The van der Waals surface area contributed by atoms with Crippen LogP contribution in [0.1, 0.15) is 24.4 Å². The molecule has 4 nitrogen and oxygen atoms in total. The number of H-pyrrole nitrogens is 1. The zero-order valence-corrected chi connectivity index (χ0v) is 12.9. The molecule has 1 aromatic heterocycles. The summed E-state index contributed by atoms with van der Waals surface area (Å²) in [5, 5.41) is 4.66. The van der Waals surface area contributed by atoms with Crippen molar-refractivity contribution in [3.63, 3.8) is 0 Å². The first kappa shape index (κ1) is 14.8. The van der Waals surface area contributed by atoms with E-state index in [1.54, 1.807) is 6.07 Å². The number of nitrogens with zero attached hydrogens (tertiary/aromatic N) is 1. The van der Waals surface area contributed by atoms with Crippen molar-refractivity contribution in [1.29, 1.82) is 0 Å². The number of halogens is 1. The monoisotopic (exact) mass is 313 g/mol. The highest BCUT2D eigenvalue weighted by atomic mass is 35.5. The number of nitrogens with one attached hydrogen (secondary N) is 2. The minimum absolute atomic E-state index is 0.0893. The second-order valence-corrected chi connectivity index (χ2v) is 5.57. The smallest absolute Gasteiger partial charge is 0.258 e. The number of hydrogen-bond donors (Lipinski definition) is 2. The van der Waals surface area contributed by atoms with Gasteiger partial charge in [0.05, 0.1) is 16.9 Å². The van der Waals surface area contributed by atoms with Crippen molar-refractivity contribution in [2.45, 2.75) is 19.5 Å². The van der Waals surface area contributed by atoms with Gasteiger partial charge in [-0.1, -0.05) is 41.9 Å². The largest absolute Gasteiger partial charge is 0.309 e. The molecule has 1 atom stereocenters. The third kappa shape index (κ3) is 3.03. The summed E-state index contributed by atoms with van der Waals surface area (Å²) >= 11 is 6.14. The van der Waals surface area contributed by atoms with Crippen LogP contribution in [0.25, 0.3) is 10.9 Å². The van der Waals surface area contributed by atoms with Crippen LogP contribution in [0.15, 0.2) is 53.3 Å². The summed E-state index contributed by atoms with van der Waals surface area (Å²) in [5.74, 6) is 0.621. The van der Waals surface area contributed by atoms with E-state index >= 15 is 0 Å². The molecule has 0 bridgehead atoms. The van der Waals surface area contributed by atoms with Crippen LogP contribution in [0.3, 0.4) is 0 Å². The Balaban J connectivity index is 1.82. The van der Waals surface area contributed by atoms with Crippen molar-refractivity contribution in [3.8, 4) is 0 Å². The number of hydrogen-bond acceptors (Lipinski definition) is 3. The van der Waals surface area contributed by atoms with Gasteiger partial charge in [-0.3, -0.25) is 4.79 Å². The molecule has 2 aromatic carbocycles. The summed E-state index contributed by atoms with van der Waals surface area (Å²) in [6, 6.07) is 14.9. The van der Waals surface area contributed by atoms with E-state index in [-0.39, 0.29) is 11.6 Å². The van der Waals surface area contributed by atoms with Crippen LogP contribution in [0, 0.1) is 0 Å². The van der Waals surface area contributed by atoms with Crippen molar-refractivity contribution in [2.75, 3.05) is 0 Å². The molecule has 3 rings (SSSR count). The predicted octanol–water partition coefficient (Wildman–Crippen LogP) is 3.43. The van der Waals surface area contributed by atoms with Gasteiger partial charge in [-0.15, -0.1) is 0 Å². The first-order valence-electron chi connectivity index (χ1n) is 7.11. The van der Waals surface area contributed by atoms with Gasteiger partial charge in [0.1, 0.15) is 5.82 Å². The Labute approximate surface area is 133 Å². The average molecular weight is 314 g/mol. The number of fused-ring (bicyclic) bond motifs is 1. The van der Waals surface area contributed by atoms with E-state index in [0.29, 0.717) is 23.3 Å². The highest BCUT2D eigenvalue weighted by Gasteiger charge is 2.11. The fraction of sp³-hybridized carbons (Fsp3) is 0.176. The maximum absolute atomic E-state index is 12.1. The van der Waals surface area contributed by atoms with Crippen molar-refractivity contribution >= 4 is 22.5 Å². The lowest BCUT2D eigenvalue weighted by Gasteiger charge is -2.14. The lowest BCUT2D eigenvalue weighted by molar-refractivity contribution is 0.547. The maximum atomic E-state index is 12.1. The molecule has 0 saturated carbocycles. The second kappa shape index (κ2) is 6.30. The normalized spacial score (nSPS) is 12.5. The van der Waals surface area contributed by atoms with Gasteiger partial charge >= 0.3 is 0 Å². The van der Waals surface area contributed by atoms with E-state index in [9.17, 15) is 4.79 Å². The molecule has 2 N–H and O–H groups in total. The zero-order chi connectivity index (χ0) is 15.5. The van der Waals surface area contributed by atoms with E-state index in [2.05, 4.69) is 15.3 Å². The summed E-state index contributed by atoms with van der Waals surface area (Å²) in [6.45, 7) is 2.57. The van der Waals surface area contributed by atoms with Crippen LogP contribution in [-0.2, 0) is 6.54 Å². The van der Waals surface area contributed by atoms with Crippen molar-refractivity contribution in [1.82, 2.24) is 15.3 Å². The van der Waals surface area contributed by atoms with Gasteiger partial charge in [-0.25, -0.2) is 4.98 Å². The van der Waals surface area contributed by atoms with Gasteiger partial charge in [0.2, 0.25) is 0 Å². The Kier molecular flexibility index (Phi) is 4.22. The lowest BCUT2D eigenvalue weighted by Crippen LogP contribution is -2.23. The molecule has 1 heterocycles. The molecular weight excluding hydrogens is 298 g/mol. The summed E-state index contributed by atoms with van der Waals surface area (Å²) in [6.07, 6.45) is 0. The average Bonchev–Trinajstić information content (AvgIpc) is 2.54. The molecule has 0 radical (unpaired) electrons. The first-order valence-corrected chi connectivity index (χ1v) is 7.48. The Morgan fingerprint density at radius 3 is 2.73 bits per heavy atom. The van der Waals surface area contributed by atoms with E-state index in [0.717, 1.165) is 10.6 Å². The summed E-state index contributed by atoms with van der Waals surface area (Å²) in [4.78, 5) is 19.4. The molecule has 0 amide bonds. The van der Waals surface area contributed by atoms with E-state index in [4.69, 9.17) is 11.6 Å². The fourth-order valence-corrected chi connectivity index (χ4v) is 2.51. The SMILES string of the molecule is C[C@H](NCc1ccccc1Cl)c1nc2ccccc2c(=O)[nH]1. The molecule has 0 saturated heterocycles. The van der Waals surface area contributed by atoms with E-state index in [1.807, 2.05) is 49.4 Å². The van der Waals surface area contributed by atoms with Gasteiger partial charge in [0, 0.05) is 11.6 Å². The van der Waals surface area contributed by atoms with Gasteiger partial charge in [0.25, 0.3) is 5.56 Å². The van der Waals surface area contributed by atoms with E-state index in [1.165, 1.54) is 0 Å². The second-order valence-electron chi connectivity index (χ2n) is 5.16. The van der Waals surface area contributed by atoms with Crippen molar-refractivity contribution in [2.24, 2.45) is 0 Å². The van der Waals surface area contributed by atoms with Gasteiger partial charge < -0.3 is 10.3 Å². The summed E-state index contributed by atoms with van der Waals surface area (Å²) < 4.78 is 0. The Bertz CT molecular complexity index is 860. The van der Waals surface area contributed by atoms with Crippen LogP contribution in [0.2, 0.25) is 5.02 Å². The highest BCUT2D eigenvalue weighted by Crippen LogP contribution is 2.16. The highest BCUT2D eigenvalue weighted by molar-refractivity contribution is 6.31. The summed E-state index contributed by atoms with van der Waals surface area (Å²) in [5.41, 5.74) is 1.60. The van der Waals surface area contributed by atoms with Crippen LogP contribution < -0.4 is 10.9 Å². The van der Waals surface area contributed by atoms with E-state index < -0.39 is 0 Å². The Morgan fingerprint density at radius 1 is 1.18 bits per heavy atom. The lowest BCUT2D eigenvalue weighted by atomic mass is 10.2. The number of benzene rings is 2. The molecule has 0 aliphatic heterocycles. The number of para-hydroxylation sites is 1. The minimum Gasteiger partial charge on any atom is -0.309 e. The van der Waals surface area contributed by atoms with Crippen LogP contribution in [0.4, 0.5) is 0 Å². The van der Waals surface area contributed by atoms with Crippen LogP contribution >= 0.6 is 11.6 Å². The molecule has 0 aliphatic carbocycles. The fourth-order valence-electron chi connectivity index (χ4n) is 2.31. The molecule has 112 valence electrons. The molecular formula is C17H16ClN3O. The standard InChI is InChI=1S/C17H16ClN3O/c1-11(19-10-12-6-2-4-8-14(12)18)16-20-15-9-5-3-7-13(15)17(22)21-16/h2-9,11,19H,10H2,1H3,(H,20,21,22)/t11-/m0/s1. The molecule has 0 aliphatic rings. The van der Waals surface area contributed by atoms with Gasteiger partial charge in [0.15, 0.2) is 0 Å². The van der Waals surface area contributed by atoms with Crippen molar-refractivity contribution < 1.29 is 0 Å². The first-order chi connectivity index (χ1) is 10.6. The third-order valence-corrected chi connectivity index (χ3v) is 3.97. The molecule has 0 fully saturated rings. The molecule has 22 heavy (non-hydrogen) atoms. The van der Waals surface area contributed by atoms with Crippen LogP contribution in [0.5, 0.6) is 0 Å². The van der Waals surface area contributed by atoms with Crippen LogP contribution in [-0.4, -0.2) is 9.97 Å². The van der Waals surface area contributed by atoms with Gasteiger partial charge in [-0.2, -0.15) is 0 Å². The molecule has 0 unspecified atom stereocenters. The molecule has 0 spiro atoms. The van der Waals surface area contributed by atoms with Gasteiger partial charge in [-0.05, 0) is 30.7 Å². The molecule has 5 heteroatoms. The molecule has 3 aromatic rings. The third-order valence-electron chi connectivity index (χ3n) is 3.60. The van der Waals surface area contributed by atoms with Crippen molar-refractivity contribution in [3.05, 3.63) is 75.3 Å². The summed E-state index contributed by atoms with van der Waals surface area (Å²) in [7, 11) is 0. The minimum atomic E-state index is -0.119. The topological polar surface area (TPSA) is 57.8 Å².